The van der Waals surface area contributed by atoms with Gasteiger partial charge in [-0.3, -0.25) is 0 Å². The first-order valence-electron chi connectivity index (χ1n) is 7.24. The average Bonchev–Trinajstić information content (AvgIpc) is 2.38. The maximum absolute atomic E-state index is 6.25. The van der Waals surface area contributed by atoms with Crippen LogP contribution in [0.5, 0.6) is 0 Å². The second-order valence-electron chi connectivity index (χ2n) is 5.75. The molecule has 0 radical (unpaired) electrons. The first-order valence-corrected chi connectivity index (χ1v) is 7.24. The maximum atomic E-state index is 6.25. The van der Waals surface area contributed by atoms with Crippen molar-refractivity contribution in [1.82, 2.24) is 0 Å². The monoisotopic (exact) mass is 246 g/mol. The summed E-state index contributed by atoms with van der Waals surface area (Å²) in [6, 6.07) is 9.44. The lowest BCUT2D eigenvalue weighted by atomic mass is 9.91. The van der Waals surface area contributed by atoms with Crippen molar-refractivity contribution in [3.8, 4) is 0 Å². The fourth-order valence-corrected chi connectivity index (χ4v) is 3.05. The van der Waals surface area contributed by atoms with Crippen LogP contribution in [0.15, 0.2) is 24.3 Å². The van der Waals surface area contributed by atoms with Crippen LogP contribution in [0.1, 0.15) is 51.6 Å². The number of benzene rings is 1. The fourth-order valence-electron chi connectivity index (χ4n) is 3.05. The van der Waals surface area contributed by atoms with E-state index in [9.17, 15) is 0 Å². The van der Waals surface area contributed by atoms with E-state index in [2.05, 4.69) is 49.9 Å². The van der Waals surface area contributed by atoms with Gasteiger partial charge in [-0.2, -0.15) is 0 Å². The minimum absolute atomic E-state index is 0.160. The van der Waals surface area contributed by atoms with Crippen molar-refractivity contribution in [3.63, 3.8) is 0 Å². The zero-order valence-corrected chi connectivity index (χ0v) is 11.9. The van der Waals surface area contributed by atoms with Gasteiger partial charge in [0.05, 0.1) is 0 Å². The number of hydrogen-bond acceptors (Lipinski definition) is 2. The topological polar surface area (TPSA) is 29.3 Å². The maximum Gasteiger partial charge on any atom is 0.0417 e. The van der Waals surface area contributed by atoms with Crippen LogP contribution in [0.2, 0.25) is 0 Å². The molecule has 0 bridgehead atoms. The van der Waals surface area contributed by atoms with E-state index in [4.69, 9.17) is 5.73 Å². The molecular weight excluding hydrogens is 220 g/mol. The third kappa shape index (κ3) is 2.69. The number of rotatable bonds is 3. The van der Waals surface area contributed by atoms with E-state index in [-0.39, 0.29) is 6.04 Å². The molecule has 1 heterocycles. The van der Waals surface area contributed by atoms with Crippen LogP contribution >= 0.6 is 0 Å². The third-order valence-electron chi connectivity index (χ3n) is 4.22. The lowest BCUT2D eigenvalue weighted by Crippen LogP contribution is -2.41. The predicted octanol–water partition coefficient (Wildman–Crippen LogP) is 3.72. The summed E-state index contributed by atoms with van der Waals surface area (Å²) < 4.78 is 0. The minimum Gasteiger partial charge on any atom is -0.369 e. The molecule has 0 aromatic heterocycles. The fraction of sp³-hybridized carbons (Fsp3) is 0.625. The quantitative estimate of drug-likeness (QED) is 0.880. The largest absolute Gasteiger partial charge is 0.369 e. The third-order valence-corrected chi connectivity index (χ3v) is 4.22. The number of para-hydroxylation sites is 1. The summed E-state index contributed by atoms with van der Waals surface area (Å²) in [7, 11) is 0. The van der Waals surface area contributed by atoms with E-state index in [0.29, 0.717) is 6.04 Å². The molecule has 0 aliphatic carbocycles. The van der Waals surface area contributed by atoms with Crippen LogP contribution in [0.25, 0.3) is 0 Å². The van der Waals surface area contributed by atoms with Gasteiger partial charge >= 0.3 is 0 Å². The number of hydrogen-bond donors (Lipinski definition) is 1. The highest BCUT2D eigenvalue weighted by molar-refractivity contribution is 5.56. The number of piperidine rings is 1. The van der Waals surface area contributed by atoms with Crippen LogP contribution in [0.3, 0.4) is 0 Å². The molecule has 2 N–H and O–H groups in total. The van der Waals surface area contributed by atoms with Gasteiger partial charge in [0, 0.05) is 24.3 Å². The molecule has 100 valence electrons. The normalized spacial score (nSPS) is 26.1. The molecule has 1 aromatic rings. The number of anilines is 1. The molecule has 0 saturated carbocycles. The number of nitrogens with zero attached hydrogens (tertiary/aromatic N) is 1. The zero-order valence-electron chi connectivity index (χ0n) is 11.9. The van der Waals surface area contributed by atoms with E-state index in [1.807, 2.05) is 0 Å². The molecule has 1 aromatic carbocycles. The molecule has 1 aliphatic heterocycles. The molecule has 18 heavy (non-hydrogen) atoms. The predicted molar refractivity (Wildman–Crippen MR) is 78.9 cm³/mol. The van der Waals surface area contributed by atoms with Crippen molar-refractivity contribution in [1.29, 1.82) is 0 Å². The zero-order chi connectivity index (χ0) is 13.1. The first-order chi connectivity index (χ1) is 8.63. The van der Waals surface area contributed by atoms with Gasteiger partial charge in [-0.15, -0.1) is 0 Å². The lowest BCUT2D eigenvalue weighted by Gasteiger charge is -2.39. The van der Waals surface area contributed by atoms with Crippen molar-refractivity contribution in [2.45, 2.75) is 52.1 Å². The van der Waals surface area contributed by atoms with Gasteiger partial charge in [0.15, 0.2) is 0 Å². The first kappa shape index (κ1) is 13.4. The second kappa shape index (κ2) is 5.75. The van der Waals surface area contributed by atoms with Crippen molar-refractivity contribution in [2.24, 2.45) is 11.7 Å². The highest BCUT2D eigenvalue weighted by Crippen LogP contribution is 2.32. The lowest BCUT2D eigenvalue weighted by molar-refractivity contribution is 0.377. The Morgan fingerprint density at radius 2 is 2.06 bits per heavy atom. The van der Waals surface area contributed by atoms with Crippen LogP contribution in [0, 0.1) is 5.92 Å². The van der Waals surface area contributed by atoms with Crippen LogP contribution in [-0.4, -0.2) is 12.6 Å². The van der Waals surface area contributed by atoms with Gasteiger partial charge in [-0.05, 0) is 43.7 Å². The smallest absolute Gasteiger partial charge is 0.0417 e. The average molecular weight is 246 g/mol. The Morgan fingerprint density at radius 3 is 2.72 bits per heavy atom. The summed E-state index contributed by atoms with van der Waals surface area (Å²) in [5.74, 6) is 0.850. The van der Waals surface area contributed by atoms with E-state index in [1.165, 1.54) is 24.1 Å². The van der Waals surface area contributed by atoms with E-state index >= 15 is 0 Å². The molecule has 0 spiro atoms. The van der Waals surface area contributed by atoms with Gasteiger partial charge in [-0.1, -0.05) is 32.0 Å². The highest BCUT2D eigenvalue weighted by Gasteiger charge is 2.25. The molecule has 2 heteroatoms. The van der Waals surface area contributed by atoms with Crippen molar-refractivity contribution >= 4 is 5.69 Å². The van der Waals surface area contributed by atoms with Crippen molar-refractivity contribution in [2.75, 3.05) is 11.4 Å². The van der Waals surface area contributed by atoms with Gasteiger partial charge in [0.25, 0.3) is 0 Å². The molecule has 2 nitrogen and oxygen atoms in total. The van der Waals surface area contributed by atoms with Gasteiger partial charge in [0.2, 0.25) is 0 Å². The Hall–Kier alpha value is -1.02. The Morgan fingerprint density at radius 1 is 1.33 bits per heavy atom. The van der Waals surface area contributed by atoms with Gasteiger partial charge in [0.1, 0.15) is 0 Å². The summed E-state index contributed by atoms with van der Waals surface area (Å²) in [5, 5.41) is 0. The summed E-state index contributed by atoms with van der Waals surface area (Å²) in [5.41, 5.74) is 8.91. The molecule has 1 saturated heterocycles. The molecule has 3 atom stereocenters. The molecular formula is C16H26N2. The summed E-state index contributed by atoms with van der Waals surface area (Å²) in [6.45, 7) is 8.01. The molecule has 1 fully saturated rings. The summed E-state index contributed by atoms with van der Waals surface area (Å²) in [4.78, 5) is 2.55. The Kier molecular flexibility index (Phi) is 4.28. The molecule has 1 aliphatic rings. The molecule has 0 amide bonds. The Labute approximate surface area is 111 Å². The number of nitrogens with two attached hydrogens (primary N) is 1. The Bertz CT molecular complexity index is 388. The SMILES string of the molecule is CC[C@@H](N)c1ccccc1N1CCC(C)CC1C. The van der Waals surface area contributed by atoms with Crippen LogP contribution in [0.4, 0.5) is 5.69 Å². The van der Waals surface area contributed by atoms with Crippen LogP contribution in [-0.2, 0) is 0 Å². The summed E-state index contributed by atoms with van der Waals surface area (Å²) in [6.07, 6.45) is 3.57. The van der Waals surface area contributed by atoms with Gasteiger partial charge < -0.3 is 10.6 Å². The molecule has 2 rings (SSSR count). The highest BCUT2D eigenvalue weighted by atomic mass is 15.2. The minimum atomic E-state index is 0.160. The van der Waals surface area contributed by atoms with E-state index in [1.54, 1.807) is 0 Å². The standard InChI is InChI=1S/C16H26N2/c1-4-15(17)14-7-5-6-8-16(14)18-10-9-12(2)11-13(18)3/h5-8,12-13,15H,4,9-11,17H2,1-3H3/t12?,13?,15-/m1/s1. The van der Waals surface area contributed by atoms with Crippen LogP contribution < -0.4 is 10.6 Å². The van der Waals surface area contributed by atoms with Crippen molar-refractivity contribution in [3.05, 3.63) is 29.8 Å². The second-order valence-corrected chi connectivity index (χ2v) is 5.75. The van der Waals surface area contributed by atoms with Crippen molar-refractivity contribution < 1.29 is 0 Å². The van der Waals surface area contributed by atoms with E-state index in [0.717, 1.165) is 18.9 Å². The Balaban J connectivity index is 2.27. The molecule has 2 unspecified atom stereocenters. The summed E-state index contributed by atoms with van der Waals surface area (Å²) >= 11 is 0. The van der Waals surface area contributed by atoms with Gasteiger partial charge in [-0.25, -0.2) is 0 Å². The van der Waals surface area contributed by atoms with E-state index < -0.39 is 0 Å².